The second-order valence-corrected chi connectivity index (χ2v) is 2.96. The Balaban J connectivity index is 3.34. The summed E-state index contributed by atoms with van der Waals surface area (Å²) >= 11 is 0. The van der Waals surface area contributed by atoms with Crippen LogP contribution in [0.15, 0.2) is 0 Å². The highest BCUT2D eigenvalue weighted by atomic mass is 16.5. The molecular weight excluding hydrogens is 260 g/mol. The van der Waals surface area contributed by atoms with Crippen molar-refractivity contribution < 1.29 is 28.6 Å². The van der Waals surface area contributed by atoms with Crippen LogP contribution in [0.3, 0.4) is 0 Å². The third-order valence-corrected chi connectivity index (χ3v) is 1.94. The lowest BCUT2D eigenvalue weighted by atomic mass is 10.2. The number of esters is 2. The Morgan fingerprint density at radius 2 is 1.58 bits per heavy atom. The van der Waals surface area contributed by atoms with Crippen LogP contribution in [0.4, 0.5) is 10.6 Å². The van der Waals surface area contributed by atoms with E-state index in [4.69, 9.17) is 0 Å². The van der Waals surface area contributed by atoms with Crippen molar-refractivity contribution in [1.82, 2.24) is 15.4 Å². The van der Waals surface area contributed by atoms with Gasteiger partial charge in [-0.05, 0) is 5.21 Å². The van der Waals surface area contributed by atoms with Crippen molar-refractivity contribution in [1.29, 1.82) is 0 Å². The summed E-state index contributed by atoms with van der Waals surface area (Å²) in [4.78, 5) is 34.2. The number of methoxy groups -OCH3 is 3. The first kappa shape index (κ1) is 14.3. The smallest absolute Gasteiger partial charge is 0.412 e. The molecule has 0 unspecified atom stereocenters. The average molecular weight is 270 g/mol. The number of carbonyl (C=O) groups is 3. The fraction of sp³-hybridized carbons (Fsp3) is 0.333. The van der Waals surface area contributed by atoms with Crippen LogP contribution < -0.4 is 5.32 Å². The number of rotatable bonds is 3. The van der Waals surface area contributed by atoms with E-state index in [2.05, 4.69) is 34.9 Å². The lowest BCUT2D eigenvalue weighted by Gasteiger charge is -2.09. The molecule has 1 rings (SSSR count). The SMILES string of the molecule is COC(=O)Nc1nnnc(C(=O)OC)c1C(=O)OC. The van der Waals surface area contributed by atoms with E-state index in [1.165, 1.54) is 0 Å². The Morgan fingerprint density at radius 1 is 0.947 bits per heavy atom. The number of aromatic nitrogens is 3. The second kappa shape index (κ2) is 6.23. The molecule has 0 saturated heterocycles. The quantitative estimate of drug-likeness (QED) is 0.577. The molecule has 0 aliphatic heterocycles. The normalized spacial score (nSPS) is 9.42. The van der Waals surface area contributed by atoms with Gasteiger partial charge in [-0.25, -0.2) is 14.4 Å². The number of ether oxygens (including phenoxy) is 3. The van der Waals surface area contributed by atoms with Gasteiger partial charge in [-0.3, -0.25) is 5.32 Å². The van der Waals surface area contributed by atoms with Crippen LogP contribution in [-0.2, 0) is 14.2 Å². The van der Waals surface area contributed by atoms with Gasteiger partial charge in [-0.15, -0.1) is 10.2 Å². The van der Waals surface area contributed by atoms with Gasteiger partial charge in [0.2, 0.25) is 0 Å². The Labute approximate surface area is 107 Å². The zero-order chi connectivity index (χ0) is 14.4. The number of hydrogen-bond donors (Lipinski definition) is 1. The van der Waals surface area contributed by atoms with E-state index in [1.54, 1.807) is 0 Å². The molecule has 0 aromatic carbocycles. The van der Waals surface area contributed by atoms with Gasteiger partial charge in [0.05, 0.1) is 21.3 Å². The van der Waals surface area contributed by atoms with E-state index >= 15 is 0 Å². The highest BCUT2D eigenvalue weighted by Gasteiger charge is 2.27. The lowest BCUT2D eigenvalue weighted by Crippen LogP contribution is -2.22. The molecule has 10 nitrogen and oxygen atoms in total. The number of carbonyl (C=O) groups excluding carboxylic acids is 3. The van der Waals surface area contributed by atoms with Crippen molar-refractivity contribution in [3.8, 4) is 0 Å². The van der Waals surface area contributed by atoms with Gasteiger partial charge in [-0.2, -0.15) is 0 Å². The maximum absolute atomic E-state index is 11.6. The molecule has 0 aliphatic rings. The van der Waals surface area contributed by atoms with Gasteiger partial charge in [0.15, 0.2) is 11.5 Å². The minimum atomic E-state index is -0.936. The summed E-state index contributed by atoms with van der Waals surface area (Å²) in [6.07, 6.45) is -0.901. The Hall–Kier alpha value is -2.78. The van der Waals surface area contributed by atoms with Gasteiger partial charge in [0.1, 0.15) is 5.56 Å². The van der Waals surface area contributed by atoms with Crippen molar-refractivity contribution in [2.24, 2.45) is 0 Å². The molecule has 0 spiro atoms. The molecular formula is C9H10N4O6. The number of amides is 1. The van der Waals surface area contributed by atoms with Crippen molar-refractivity contribution in [3.05, 3.63) is 11.3 Å². The van der Waals surface area contributed by atoms with Crippen LogP contribution in [0.25, 0.3) is 0 Å². The molecule has 0 radical (unpaired) electrons. The number of hydrogen-bond acceptors (Lipinski definition) is 9. The topological polar surface area (TPSA) is 130 Å². The van der Waals surface area contributed by atoms with Crippen molar-refractivity contribution >= 4 is 23.8 Å². The minimum Gasteiger partial charge on any atom is -0.465 e. The summed E-state index contributed by atoms with van der Waals surface area (Å²) in [6, 6.07) is 0. The van der Waals surface area contributed by atoms with Crippen LogP contribution >= 0.6 is 0 Å². The van der Waals surface area contributed by atoms with Gasteiger partial charge in [-0.1, -0.05) is 0 Å². The van der Waals surface area contributed by atoms with Crippen LogP contribution in [-0.4, -0.2) is 54.8 Å². The fourth-order valence-electron chi connectivity index (χ4n) is 1.09. The van der Waals surface area contributed by atoms with Gasteiger partial charge >= 0.3 is 18.0 Å². The summed E-state index contributed by atoms with van der Waals surface area (Å²) < 4.78 is 13.3. The summed E-state index contributed by atoms with van der Waals surface area (Å²) in [5.74, 6) is -2.19. The van der Waals surface area contributed by atoms with Crippen LogP contribution in [0.5, 0.6) is 0 Å². The maximum atomic E-state index is 11.6. The first-order chi connectivity index (χ1) is 9.04. The summed E-state index contributed by atoms with van der Waals surface area (Å²) in [5, 5.41) is 12.2. The highest BCUT2D eigenvalue weighted by molar-refractivity contribution is 6.06. The zero-order valence-corrected chi connectivity index (χ0v) is 10.3. The minimum absolute atomic E-state index is 0.325. The van der Waals surface area contributed by atoms with Gasteiger partial charge in [0.25, 0.3) is 0 Å². The molecule has 19 heavy (non-hydrogen) atoms. The second-order valence-electron chi connectivity index (χ2n) is 2.96. The first-order valence-corrected chi connectivity index (χ1v) is 4.80. The molecule has 0 aliphatic carbocycles. The van der Waals surface area contributed by atoms with E-state index in [-0.39, 0.29) is 11.4 Å². The van der Waals surface area contributed by atoms with E-state index < -0.39 is 23.7 Å². The highest BCUT2D eigenvalue weighted by Crippen LogP contribution is 2.16. The van der Waals surface area contributed by atoms with E-state index in [1.807, 2.05) is 0 Å². The average Bonchev–Trinajstić information content (AvgIpc) is 2.45. The predicted molar refractivity (Wildman–Crippen MR) is 58.5 cm³/mol. The lowest BCUT2D eigenvalue weighted by molar-refractivity contribution is 0.0548. The summed E-state index contributed by atoms with van der Waals surface area (Å²) in [5.41, 5.74) is -0.814. The maximum Gasteiger partial charge on any atom is 0.412 e. The van der Waals surface area contributed by atoms with Gasteiger partial charge in [0, 0.05) is 0 Å². The number of nitrogens with one attached hydrogen (secondary N) is 1. The number of nitrogens with zero attached hydrogens (tertiary/aromatic N) is 3. The van der Waals surface area contributed by atoms with Gasteiger partial charge < -0.3 is 14.2 Å². The molecule has 1 aromatic rings. The molecule has 1 aromatic heterocycles. The van der Waals surface area contributed by atoms with Crippen LogP contribution in [0.1, 0.15) is 20.8 Å². The molecule has 102 valence electrons. The van der Waals surface area contributed by atoms with E-state index in [0.717, 1.165) is 21.3 Å². The third-order valence-electron chi connectivity index (χ3n) is 1.94. The molecule has 1 N–H and O–H groups in total. The Kier molecular flexibility index (Phi) is 4.69. The summed E-state index contributed by atoms with van der Waals surface area (Å²) in [7, 11) is 3.30. The monoisotopic (exact) mass is 270 g/mol. The first-order valence-electron chi connectivity index (χ1n) is 4.80. The largest absolute Gasteiger partial charge is 0.465 e. The standard InChI is InChI=1S/C9H10N4O6/c1-17-7(14)4-5(8(15)18-2)11-13-12-6(4)10-9(16)19-3/h1-3H3,(H,10,11,12,16). The predicted octanol–water partition coefficient (Wildman–Crippen LogP) is -0.377. The molecule has 0 saturated carbocycles. The molecule has 10 heteroatoms. The van der Waals surface area contributed by atoms with Crippen molar-refractivity contribution in [3.63, 3.8) is 0 Å². The molecule has 0 atom stereocenters. The van der Waals surface area contributed by atoms with E-state index in [0.29, 0.717) is 0 Å². The van der Waals surface area contributed by atoms with Crippen LogP contribution in [0, 0.1) is 0 Å². The summed E-state index contributed by atoms with van der Waals surface area (Å²) in [6.45, 7) is 0. The number of anilines is 1. The molecule has 1 amide bonds. The third kappa shape index (κ3) is 3.12. The zero-order valence-electron chi connectivity index (χ0n) is 10.3. The molecule has 0 fully saturated rings. The van der Waals surface area contributed by atoms with Crippen molar-refractivity contribution in [2.75, 3.05) is 26.6 Å². The Morgan fingerprint density at radius 3 is 2.11 bits per heavy atom. The van der Waals surface area contributed by atoms with Crippen LogP contribution in [0.2, 0.25) is 0 Å². The fourth-order valence-corrected chi connectivity index (χ4v) is 1.09. The van der Waals surface area contributed by atoms with Crippen molar-refractivity contribution in [2.45, 2.75) is 0 Å². The molecule has 1 heterocycles. The Bertz CT molecular complexity index is 517. The molecule has 0 bridgehead atoms. The van der Waals surface area contributed by atoms with E-state index in [9.17, 15) is 14.4 Å².